The topological polar surface area (TPSA) is 167 Å². The second-order valence-corrected chi connectivity index (χ2v) is 12.4. The van der Waals surface area contributed by atoms with Gasteiger partial charge in [0.2, 0.25) is 5.78 Å². The van der Waals surface area contributed by atoms with Crippen LogP contribution in [0.3, 0.4) is 0 Å². The Labute approximate surface area is 237 Å². The number of hydrogen-bond donors (Lipinski definition) is 3. The molecule has 0 amide bonds. The monoisotopic (exact) mass is 613 g/mol. The van der Waals surface area contributed by atoms with E-state index in [-0.39, 0.29) is 36.1 Å². The third-order valence-electron chi connectivity index (χ3n) is 7.07. The molecule has 0 aromatic carbocycles. The Hall–Kier alpha value is -3.02. The maximum absolute atomic E-state index is 13.6. The Balaban J connectivity index is 1.37. The van der Waals surface area contributed by atoms with Crippen molar-refractivity contribution in [1.82, 2.24) is 15.0 Å². The molecule has 1 fully saturated rings. The van der Waals surface area contributed by atoms with E-state index >= 15 is 0 Å². The molecule has 4 heterocycles. The van der Waals surface area contributed by atoms with Crippen molar-refractivity contribution in [2.45, 2.75) is 50.6 Å². The van der Waals surface area contributed by atoms with Gasteiger partial charge in [-0.15, -0.1) is 11.3 Å². The van der Waals surface area contributed by atoms with Crippen LogP contribution in [0.15, 0.2) is 30.7 Å². The Morgan fingerprint density at radius 2 is 2.10 bits per heavy atom. The predicted molar refractivity (Wildman–Crippen MR) is 140 cm³/mol. The van der Waals surface area contributed by atoms with E-state index in [9.17, 15) is 31.5 Å². The number of carbonyl (C=O) groups excluding carboxylic acids is 1. The molecule has 16 heteroatoms. The Bertz CT molecular complexity index is 1570. The maximum Gasteiger partial charge on any atom is 0.433 e. The van der Waals surface area contributed by atoms with E-state index in [0.717, 1.165) is 6.07 Å². The highest BCUT2D eigenvalue weighted by Crippen LogP contribution is 2.39. The predicted octanol–water partition coefficient (Wildman–Crippen LogP) is 2.92. The summed E-state index contributed by atoms with van der Waals surface area (Å²) in [6.07, 6.45) is -2.71. The largest absolute Gasteiger partial charge is 0.433 e. The Kier molecular flexibility index (Phi) is 8.15. The zero-order chi connectivity index (χ0) is 29.5. The van der Waals surface area contributed by atoms with Crippen LogP contribution in [0, 0.1) is 12.8 Å². The molecule has 220 valence electrons. The highest BCUT2D eigenvalue weighted by Gasteiger charge is 2.37. The number of aliphatic hydroxyl groups is 1. The summed E-state index contributed by atoms with van der Waals surface area (Å²) in [7, 11) is -4.15. The molecule has 5 rings (SSSR count). The molecule has 0 saturated heterocycles. The van der Waals surface area contributed by atoms with Crippen molar-refractivity contribution in [3.63, 3.8) is 0 Å². The van der Waals surface area contributed by atoms with E-state index in [4.69, 9.17) is 9.88 Å². The first kappa shape index (κ1) is 29.5. The lowest BCUT2D eigenvalue weighted by molar-refractivity contribution is -0.141. The number of nitrogens with zero attached hydrogens (tertiary/aromatic N) is 3. The number of ketones is 1. The summed E-state index contributed by atoms with van der Waals surface area (Å²) < 4.78 is 72.8. The lowest BCUT2D eigenvalue weighted by Crippen LogP contribution is -2.24. The number of aliphatic hydroxyl groups excluding tert-OH is 1. The number of rotatable bonds is 8. The number of thiophene rings is 1. The standard InChI is InChI=1S/C25H26F3N5O6S2/c1-12-16(23-21-13(4-5-38-23)2-3-20(33-21)25(26,27)28)8-19(40-12)22(35)17-9-30-11-31-24(17)32-15-6-14(18(34)7-15)10-39-41(29,36)37/h2-3,8-9,11,14-15,18,23,34H,4-7,10H2,1H3,(H2,29,36,37)(H,30,31,32)/t14-,15-,18+,23+/m1/s1. The molecule has 0 unspecified atom stereocenters. The summed E-state index contributed by atoms with van der Waals surface area (Å²) in [4.78, 5) is 26.6. The summed E-state index contributed by atoms with van der Waals surface area (Å²) in [6, 6.07) is 3.63. The molecule has 11 nitrogen and oxygen atoms in total. The lowest BCUT2D eigenvalue weighted by Gasteiger charge is -2.26. The van der Waals surface area contributed by atoms with E-state index in [1.54, 1.807) is 13.0 Å². The number of aromatic nitrogens is 3. The summed E-state index contributed by atoms with van der Waals surface area (Å²) >= 11 is 1.17. The molecule has 1 saturated carbocycles. The quantitative estimate of drug-likeness (QED) is 0.322. The van der Waals surface area contributed by atoms with Crippen molar-refractivity contribution in [2.24, 2.45) is 11.1 Å². The number of nitrogens with one attached hydrogen (secondary N) is 1. The first-order valence-corrected chi connectivity index (χ1v) is 14.8. The maximum atomic E-state index is 13.6. The number of nitrogens with two attached hydrogens (primary N) is 1. The van der Waals surface area contributed by atoms with Gasteiger partial charge in [-0.2, -0.15) is 21.6 Å². The summed E-state index contributed by atoms with van der Waals surface area (Å²) in [5, 5.41) is 18.4. The lowest BCUT2D eigenvalue weighted by atomic mass is 9.97. The van der Waals surface area contributed by atoms with Crippen LogP contribution in [0.5, 0.6) is 0 Å². The highest BCUT2D eigenvalue weighted by molar-refractivity contribution is 7.84. The number of carbonyl (C=O) groups is 1. The number of fused-ring (bicyclic) bond motifs is 1. The van der Waals surface area contributed by atoms with Gasteiger partial charge in [-0.25, -0.2) is 20.1 Å². The SMILES string of the molecule is Cc1sc(C(=O)c2cncnc2N[C@@H]2C[C@H](COS(N)(=O)=O)[C@@H](O)C2)cc1[C@@H]1OCCc2ccc(C(F)(F)F)nc21. The molecule has 0 spiro atoms. The molecule has 3 aromatic heterocycles. The van der Waals surface area contributed by atoms with Gasteiger partial charge in [-0.1, -0.05) is 6.07 Å². The van der Waals surface area contributed by atoms with Crippen LogP contribution in [-0.4, -0.2) is 59.6 Å². The molecule has 0 radical (unpaired) electrons. The van der Waals surface area contributed by atoms with Crippen LogP contribution in [0.4, 0.5) is 19.0 Å². The van der Waals surface area contributed by atoms with Crippen LogP contribution in [0.25, 0.3) is 0 Å². The number of aryl methyl sites for hydroxylation is 1. The van der Waals surface area contributed by atoms with Crippen LogP contribution in [0.1, 0.15) is 61.6 Å². The summed E-state index contributed by atoms with van der Waals surface area (Å²) in [6.45, 7) is 1.77. The van der Waals surface area contributed by atoms with Crippen LogP contribution in [0.2, 0.25) is 0 Å². The molecule has 2 aliphatic rings. The van der Waals surface area contributed by atoms with Gasteiger partial charge in [0, 0.05) is 28.6 Å². The van der Waals surface area contributed by atoms with Gasteiger partial charge >= 0.3 is 16.5 Å². The molecule has 0 bridgehead atoms. The first-order chi connectivity index (χ1) is 19.3. The van der Waals surface area contributed by atoms with Crippen LogP contribution >= 0.6 is 11.3 Å². The van der Waals surface area contributed by atoms with E-state index in [2.05, 4.69) is 24.5 Å². The minimum Gasteiger partial charge on any atom is -0.393 e. The van der Waals surface area contributed by atoms with Crippen LogP contribution in [-0.2, 0) is 31.8 Å². The van der Waals surface area contributed by atoms with E-state index < -0.39 is 46.1 Å². The van der Waals surface area contributed by atoms with Crippen molar-refractivity contribution in [3.8, 4) is 0 Å². The third kappa shape index (κ3) is 6.57. The van der Waals surface area contributed by atoms with Gasteiger partial charge in [-0.3, -0.25) is 8.98 Å². The van der Waals surface area contributed by atoms with Crippen molar-refractivity contribution >= 4 is 33.2 Å². The van der Waals surface area contributed by atoms with Gasteiger partial charge in [0.1, 0.15) is 23.9 Å². The fourth-order valence-electron chi connectivity index (χ4n) is 5.09. The minimum atomic E-state index is -4.61. The molecule has 4 N–H and O–H groups in total. The van der Waals surface area contributed by atoms with Gasteiger partial charge in [0.25, 0.3) is 0 Å². The van der Waals surface area contributed by atoms with Crippen molar-refractivity contribution in [2.75, 3.05) is 18.5 Å². The molecule has 4 atom stereocenters. The third-order valence-corrected chi connectivity index (χ3v) is 8.60. The fourth-order valence-corrected chi connectivity index (χ4v) is 6.46. The van der Waals surface area contributed by atoms with Gasteiger partial charge < -0.3 is 15.2 Å². The van der Waals surface area contributed by atoms with Crippen molar-refractivity contribution in [1.29, 1.82) is 0 Å². The molecular weight excluding hydrogens is 587 g/mol. The van der Waals surface area contributed by atoms with Crippen LogP contribution < -0.4 is 10.5 Å². The Morgan fingerprint density at radius 3 is 2.83 bits per heavy atom. The van der Waals surface area contributed by atoms with Crippen molar-refractivity contribution < 1.29 is 40.4 Å². The molecule has 1 aliphatic carbocycles. The molecule has 41 heavy (non-hydrogen) atoms. The minimum absolute atomic E-state index is 0.154. The number of anilines is 1. The average Bonchev–Trinajstić information content (AvgIpc) is 3.47. The van der Waals surface area contributed by atoms with E-state index in [1.807, 2.05) is 0 Å². The van der Waals surface area contributed by atoms with E-state index in [1.165, 1.54) is 29.9 Å². The number of alkyl halides is 3. The van der Waals surface area contributed by atoms with Gasteiger partial charge in [-0.05, 0) is 43.9 Å². The normalized spacial score (nSPS) is 22.9. The Morgan fingerprint density at radius 1 is 1.32 bits per heavy atom. The van der Waals surface area contributed by atoms with Gasteiger partial charge in [0.15, 0.2) is 0 Å². The molecule has 1 aliphatic heterocycles. The summed E-state index contributed by atoms with van der Waals surface area (Å²) in [5.41, 5.74) is 0.526. The smallest absolute Gasteiger partial charge is 0.393 e. The number of pyridine rings is 1. The zero-order valence-corrected chi connectivity index (χ0v) is 23.2. The molecular formula is C25H26F3N5O6S2. The second kappa shape index (κ2) is 11.3. The first-order valence-electron chi connectivity index (χ1n) is 12.6. The number of halogens is 3. The zero-order valence-electron chi connectivity index (χ0n) is 21.6. The summed E-state index contributed by atoms with van der Waals surface area (Å²) in [5.74, 6) is -0.689. The fraction of sp³-hybridized carbons (Fsp3) is 0.440. The van der Waals surface area contributed by atoms with E-state index in [0.29, 0.717) is 40.3 Å². The van der Waals surface area contributed by atoms with Gasteiger partial charge in [0.05, 0.1) is 35.5 Å². The number of ether oxygens (including phenoxy) is 1. The highest BCUT2D eigenvalue weighted by atomic mass is 32.2. The van der Waals surface area contributed by atoms with Crippen molar-refractivity contribution in [3.05, 3.63) is 68.6 Å². The molecule has 3 aromatic rings. The average molecular weight is 614 g/mol. The second-order valence-electron chi connectivity index (χ2n) is 9.89. The number of hydrogen-bond acceptors (Lipinski definition) is 11.